The average Bonchev–Trinajstić information content (AvgIpc) is 3.10. The summed E-state index contributed by atoms with van der Waals surface area (Å²) in [4.78, 5) is 14.1. The molecule has 0 bridgehead atoms. The molecule has 1 amide bonds. The van der Waals surface area contributed by atoms with Crippen LogP contribution >= 0.6 is 11.3 Å². The standard InChI is InChI=1S/C14H15FN4OS/c15-11-4-1-3-10(7-11)12-5-2-6-19(12)8-13(20)17-14-18-16-9-21-14/h1,3-4,7,9,12H,2,5-6,8H2,(H,17,18,20)/t12-/m0/s1. The number of nitrogens with one attached hydrogen (secondary N) is 1. The second kappa shape index (κ2) is 6.28. The number of likely N-dealkylation sites (tertiary alicyclic amines) is 1. The Hall–Kier alpha value is -1.86. The van der Waals surface area contributed by atoms with Crippen molar-refractivity contribution in [2.75, 3.05) is 18.4 Å². The van der Waals surface area contributed by atoms with Crippen LogP contribution in [-0.2, 0) is 4.79 Å². The summed E-state index contributed by atoms with van der Waals surface area (Å²) in [7, 11) is 0. The number of hydrogen-bond acceptors (Lipinski definition) is 5. The lowest BCUT2D eigenvalue weighted by molar-refractivity contribution is -0.117. The highest BCUT2D eigenvalue weighted by atomic mass is 32.1. The molecule has 0 spiro atoms. The van der Waals surface area contributed by atoms with E-state index in [2.05, 4.69) is 20.4 Å². The number of halogens is 1. The molecule has 21 heavy (non-hydrogen) atoms. The number of aromatic nitrogens is 2. The van der Waals surface area contributed by atoms with Gasteiger partial charge in [0.1, 0.15) is 11.3 Å². The van der Waals surface area contributed by atoms with Crippen molar-refractivity contribution in [2.45, 2.75) is 18.9 Å². The number of hydrogen-bond donors (Lipinski definition) is 1. The van der Waals surface area contributed by atoms with Crippen LogP contribution < -0.4 is 5.32 Å². The topological polar surface area (TPSA) is 58.1 Å². The summed E-state index contributed by atoms with van der Waals surface area (Å²) < 4.78 is 13.4. The first kappa shape index (κ1) is 14.1. The van der Waals surface area contributed by atoms with Crippen LogP contribution in [0.4, 0.5) is 9.52 Å². The molecular weight excluding hydrogens is 291 g/mol. The summed E-state index contributed by atoms with van der Waals surface area (Å²) in [6.45, 7) is 1.12. The summed E-state index contributed by atoms with van der Waals surface area (Å²) >= 11 is 1.29. The van der Waals surface area contributed by atoms with Gasteiger partial charge in [-0.15, -0.1) is 10.2 Å². The third kappa shape index (κ3) is 3.43. The van der Waals surface area contributed by atoms with E-state index in [-0.39, 0.29) is 24.3 Å². The van der Waals surface area contributed by atoms with Gasteiger partial charge in [-0.05, 0) is 37.1 Å². The zero-order chi connectivity index (χ0) is 14.7. The zero-order valence-electron chi connectivity index (χ0n) is 11.3. The van der Waals surface area contributed by atoms with Crippen molar-refractivity contribution in [3.63, 3.8) is 0 Å². The van der Waals surface area contributed by atoms with Crippen LogP contribution in [0.1, 0.15) is 24.4 Å². The fourth-order valence-electron chi connectivity index (χ4n) is 2.68. The summed E-state index contributed by atoms with van der Waals surface area (Å²) in [5.74, 6) is -0.354. The second-order valence-electron chi connectivity index (χ2n) is 4.98. The van der Waals surface area contributed by atoms with Gasteiger partial charge in [-0.2, -0.15) is 0 Å². The average molecular weight is 306 g/mol. The van der Waals surface area contributed by atoms with Gasteiger partial charge in [-0.3, -0.25) is 15.0 Å². The van der Waals surface area contributed by atoms with Crippen LogP contribution in [0, 0.1) is 5.82 Å². The largest absolute Gasteiger partial charge is 0.299 e. The Labute approximate surface area is 125 Å². The Kier molecular flexibility index (Phi) is 4.21. The van der Waals surface area contributed by atoms with Gasteiger partial charge in [-0.1, -0.05) is 23.5 Å². The van der Waals surface area contributed by atoms with Gasteiger partial charge < -0.3 is 0 Å². The lowest BCUT2D eigenvalue weighted by Crippen LogP contribution is -2.32. The monoisotopic (exact) mass is 306 g/mol. The van der Waals surface area contributed by atoms with Crippen LogP contribution in [0.3, 0.4) is 0 Å². The van der Waals surface area contributed by atoms with E-state index < -0.39 is 0 Å². The maximum atomic E-state index is 13.4. The molecule has 1 aliphatic rings. The summed E-state index contributed by atoms with van der Waals surface area (Å²) in [6.07, 6.45) is 1.95. The maximum absolute atomic E-state index is 13.4. The molecule has 1 N–H and O–H groups in total. The first-order valence-corrected chi connectivity index (χ1v) is 7.66. The summed E-state index contributed by atoms with van der Waals surface area (Å²) in [5.41, 5.74) is 2.50. The van der Waals surface area contributed by atoms with E-state index in [1.54, 1.807) is 17.6 Å². The first-order chi connectivity index (χ1) is 10.2. The lowest BCUT2D eigenvalue weighted by atomic mass is 10.0. The highest BCUT2D eigenvalue weighted by Gasteiger charge is 2.27. The summed E-state index contributed by atoms with van der Waals surface area (Å²) in [5, 5.41) is 10.7. The third-order valence-electron chi connectivity index (χ3n) is 3.55. The predicted molar refractivity (Wildman–Crippen MR) is 78.5 cm³/mol. The molecule has 2 aromatic rings. The molecular formula is C14H15FN4OS. The summed E-state index contributed by atoms with van der Waals surface area (Å²) in [6, 6.07) is 6.70. The van der Waals surface area contributed by atoms with E-state index in [1.165, 1.54) is 17.4 Å². The van der Waals surface area contributed by atoms with E-state index in [0.717, 1.165) is 24.9 Å². The van der Waals surface area contributed by atoms with E-state index in [4.69, 9.17) is 0 Å². The number of amides is 1. The number of anilines is 1. The highest BCUT2D eigenvalue weighted by Crippen LogP contribution is 2.31. The van der Waals surface area contributed by atoms with Crippen LogP contribution in [0.15, 0.2) is 29.8 Å². The molecule has 110 valence electrons. The van der Waals surface area contributed by atoms with Gasteiger partial charge in [0.15, 0.2) is 0 Å². The normalized spacial score (nSPS) is 18.8. The predicted octanol–water partition coefficient (Wildman–Crippen LogP) is 2.45. The molecule has 2 heterocycles. The van der Waals surface area contributed by atoms with Crippen molar-refractivity contribution in [3.8, 4) is 0 Å². The Morgan fingerprint density at radius 2 is 2.43 bits per heavy atom. The number of rotatable bonds is 4. The number of carbonyl (C=O) groups is 1. The molecule has 0 unspecified atom stereocenters. The molecule has 5 nitrogen and oxygen atoms in total. The molecule has 1 aromatic heterocycles. The van der Waals surface area contributed by atoms with Crippen molar-refractivity contribution in [2.24, 2.45) is 0 Å². The Morgan fingerprint density at radius 3 is 3.19 bits per heavy atom. The Bertz CT molecular complexity index is 619. The quantitative estimate of drug-likeness (QED) is 0.942. The Morgan fingerprint density at radius 1 is 1.52 bits per heavy atom. The number of benzene rings is 1. The second-order valence-corrected chi connectivity index (χ2v) is 5.81. The lowest BCUT2D eigenvalue weighted by Gasteiger charge is -2.24. The van der Waals surface area contributed by atoms with Gasteiger partial charge in [-0.25, -0.2) is 4.39 Å². The minimum Gasteiger partial charge on any atom is -0.299 e. The molecule has 1 atom stereocenters. The van der Waals surface area contributed by atoms with Crippen molar-refractivity contribution in [1.29, 1.82) is 0 Å². The SMILES string of the molecule is O=C(CN1CCC[C@H]1c1cccc(F)c1)Nc1nncs1. The van der Waals surface area contributed by atoms with E-state index in [0.29, 0.717) is 5.13 Å². The zero-order valence-corrected chi connectivity index (χ0v) is 12.1. The molecule has 7 heteroatoms. The van der Waals surface area contributed by atoms with Crippen LogP contribution in [0.25, 0.3) is 0 Å². The maximum Gasteiger partial charge on any atom is 0.240 e. The Balaban J connectivity index is 1.65. The molecule has 0 radical (unpaired) electrons. The third-order valence-corrected chi connectivity index (χ3v) is 4.16. The number of carbonyl (C=O) groups excluding carboxylic acids is 1. The fourth-order valence-corrected chi connectivity index (χ4v) is 3.14. The van der Waals surface area contributed by atoms with Crippen molar-refractivity contribution < 1.29 is 9.18 Å². The molecule has 0 aliphatic carbocycles. The fraction of sp³-hybridized carbons (Fsp3) is 0.357. The van der Waals surface area contributed by atoms with Gasteiger partial charge in [0.25, 0.3) is 0 Å². The van der Waals surface area contributed by atoms with Gasteiger partial charge >= 0.3 is 0 Å². The molecule has 1 aromatic carbocycles. The molecule has 1 fully saturated rings. The molecule has 1 saturated heterocycles. The first-order valence-electron chi connectivity index (χ1n) is 6.78. The van der Waals surface area contributed by atoms with E-state index >= 15 is 0 Å². The van der Waals surface area contributed by atoms with Crippen molar-refractivity contribution in [1.82, 2.24) is 15.1 Å². The molecule has 3 rings (SSSR count). The van der Waals surface area contributed by atoms with Gasteiger partial charge in [0.2, 0.25) is 11.0 Å². The van der Waals surface area contributed by atoms with Gasteiger partial charge in [0.05, 0.1) is 6.54 Å². The van der Waals surface area contributed by atoms with Gasteiger partial charge in [0, 0.05) is 6.04 Å². The molecule has 0 saturated carbocycles. The van der Waals surface area contributed by atoms with Crippen molar-refractivity contribution >= 4 is 22.4 Å². The molecule has 1 aliphatic heterocycles. The van der Waals surface area contributed by atoms with Crippen LogP contribution in [0.5, 0.6) is 0 Å². The van der Waals surface area contributed by atoms with Crippen LogP contribution in [-0.4, -0.2) is 34.1 Å². The van der Waals surface area contributed by atoms with E-state index in [1.807, 2.05) is 6.07 Å². The minimum atomic E-state index is -0.238. The highest BCUT2D eigenvalue weighted by molar-refractivity contribution is 7.13. The van der Waals surface area contributed by atoms with E-state index in [9.17, 15) is 9.18 Å². The van der Waals surface area contributed by atoms with Crippen LogP contribution in [0.2, 0.25) is 0 Å². The smallest absolute Gasteiger partial charge is 0.240 e. The number of nitrogens with zero attached hydrogens (tertiary/aromatic N) is 3. The van der Waals surface area contributed by atoms with Crippen molar-refractivity contribution in [3.05, 3.63) is 41.2 Å². The minimum absolute atomic E-state index is 0.0980.